The van der Waals surface area contributed by atoms with Gasteiger partial charge in [-0.15, -0.1) is 0 Å². The van der Waals surface area contributed by atoms with Crippen LogP contribution in [0.25, 0.3) is 0 Å². The van der Waals surface area contributed by atoms with Crippen LogP contribution in [0.1, 0.15) is 50.5 Å². The zero-order chi connectivity index (χ0) is 21.9. The Bertz CT molecular complexity index is 903. The molecule has 1 aliphatic heterocycles. The lowest BCUT2D eigenvalue weighted by Gasteiger charge is -2.27. The lowest BCUT2D eigenvalue weighted by molar-refractivity contribution is 0.100. The first-order chi connectivity index (χ1) is 14.1. The molecule has 1 atom stereocenters. The molecule has 0 radical (unpaired) electrons. The third-order valence-electron chi connectivity index (χ3n) is 4.84. The molecule has 1 amide bonds. The predicted octanol–water partition coefficient (Wildman–Crippen LogP) is 2.91. The summed E-state index contributed by atoms with van der Waals surface area (Å²) in [5, 5.41) is 9.98. The Labute approximate surface area is 185 Å². The van der Waals surface area contributed by atoms with Crippen LogP contribution in [0.15, 0.2) is 18.2 Å². The van der Waals surface area contributed by atoms with Gasteiger partial charge in [-0.3, -0.25) is 4.79 Å². The number of rotatable bonds is 7. The third-order valence-corrected chi connectivity index (χ3v) is 4.84. The van der Waals surface area contributed by atoms with Gasteiger partial charge in [-0.25, -0.2) is 0 Å². The number of nitrogens with two attached hydrogens (primary N) is 1. The first-order valence-electron chi connectivity index (χ1n) is 10.2. The van der Waals surface area contributed by atoms with Gasteiger partial charge >= 0.3 is 0 Å². The number of nitrogens with zero attached hydrogens (tertiary/aromatic N) is 4. The number of hydrogen-bond donors (Lipinski definition) is 4. The van der Waals surface area contributed by atoms with Gasteiger partial charge in [0.1, 0.15) is 0 Å². The summed E-state index contributed by atoms with van der Waals surface area (Å²) in [7, 11) is 1.98. The second kappa shape index (κ2) is 9.91. The maximum atomic E-state index is 11.6. The van der Waals surface area contributed by atoms with E-state index in [0.29, 0.717) is 23.4 Å². The van der Waals surface area contributed by atoms with Crippen LogP contribution >= 0.6 is 0 Å². The number of benzene rings is 1. The Balaban J connectivity index is 0.00000341. The van der Waals surface area contributed by atoms with E-state index in [4.69, 9.17) is 5.73 Å². The smallest absolute Gasteiger partial charge is 0.248 e. The lowest BCUT2D eigenvalue weighted by Crippen LogP contribution is -2.31. The Morgan fingerprint density at radius 2 is 1.97 bits per heavy atom. The molecule has 0 aliphatic carbocycles. The number of anilines is 4. The monoisotopic (exact) mass is 428 g/mol. The summed E-state index contributed by atoms with van der Waals surface area (Å²) in [6, 6.07) is 5.55. The van der Waals surface area contributed by atoms with Crippen molar-refractivity contribution in [2.45, 2.75) is 47.6 Å². The quantitative estimate of drug-likeness (QED) is 0.531. The minimum atomic E-state index is -0.476. The van der Waals surface area contributed by atoms with Crippen molar-refractivity contribution in [2.24, 2.45) is 11.1 Å². The molecular weight excluding hydrogens is 392 g/mol. The van der Waals surface area contributed by atoms with Gasteiger partial charge in [0.15, 0.2) is 0 Å². The summed E-state index contributed by atoms with van der Waals surface area (Å²) in [6.07, 6.45) is 1.02. The molecule has 0 bridgehead atoms. The van der Waals surface area contributed by atoms with Gasteiger partial charge in [-0.1, -0.05) is 34.3 Å². The van der Waals surface area contributed by atoms with Crippen molar-refractivity contribution in [3.8, 4) is 0 Å². The molecule has 1 aromatic heterocycles. The van der Waals surface area contributed by atoms with Crippen molar-refractivity contribution in [3.63, 3.8) is 0 Å². The van der Waals surface area contributed by atoms with E-state index < -0.39 is 5.91 Å². The van der Waals surface area contributed by atoms with Crippen LogP contribution in [0.4, 0.5) is 23.5 Å². The number of primary amides is 1. The number of amides is 1. The van der Waals surface area contributed by atoms with Crippen molar-refractivity contribution in [2.75, 3.05) is 42.2 Å². The lowest BCUT2D eigenvalue weighted by atomic mass is 9.96. The average molecular weight is 429 g/mol. The van der Waals surface area contributed by atoms with Crippen LogP contribution in [0.5, 0.6) is 0 Å². The fourth-order valence-electron chi connectivity index (χ4n) is 3.43. The molecule has 2 heterocycles. The molecule has 31 heavy (non-hydrogen) atoms. The fraction of sp³-hybridized carbons (Fsp3) is 0.545. The highest BCUT2D eigenvalue weighted by Crippen LogP contribution is 2.24. The summed E-state index contributed by atoms with van der Waals surface area (Å²) in [4.78, 5) is 27.4. The van der Waals surface area contributed by atoms with Crippen LogP contribution < -0.4 is 26.6 Å². The van der Waals surface area contributed by atoms with Crippen molar-refractivity contribution in [1.82, 2.24) is 20.3 Å². The topological polar surface area (TPSA) is 121 Å². The van der Waals surface area contributed by atoms with Crippen molar-refractivity contribution >= 4 is 29.4 Å². The van der Waals surface area contributed by atoms with Crippen LogP contribution in [0.3, 0.4) is 0 Å². The summed E-state index contributed by atoms with van der Waals surface area (Å²) in [6.45, 7) is 11.1. The molecule has 0 unspecified atom stereocenters. The fourth-order valence-corrected chi connectivity index (χ4v) is 3.43. The highest BCUT2D eigenvalue weighted by Gasteiger charge is 2.20. The van der Waals surface area contributed by atoms with Gasteiger partial charge in [0.25, 0.3) is 0 Å². The SMILES string of the molecule is C.Cc1ccc(C(N)=O)cc1Nc1nc(N[C@@H]2CCNC2)nc(N(C)CC(C)(C)C)n1. The van der Waals surface area contributed by atoms with Crippen LogP contribution in [0.2, 0.25) is 0 Å². The summed E-state index contributed by atoms with van der Waals surface area (Å²) < 4.78 is 0. The van der Waals surface area contributed by atoms with Gasteiger partial charge in [0.2, 0.25) is 23.8 Å². The molecule has 1 fully saturated rings. The second-order valence-corrected chi connectivity index (χ2v) is 9.05. The van der Waals surface area contributed by atoms with Gasteiger partial charge < -0.3 is 26.6 Å². The molecule has 1 saturated heterocycles. The molecule has 9 heteroatoms. The number of carbonyl (C=O) groups excluding carboxylic acids is 1. The largest absolute Gasteiger partial charge is 0.366 e. The van der Waals surface area contributed by atoms with E-state index in [2.05, 4.69) is 51.7 Å². The first kappa shape index (κ1) is 24.3. The normalized spacial score (nSPS) is 15.8. The summed E-state index contributed by atoms with van der Waals surface area (Å²) in [5.74, 6) is 1.05. The molecule has 0 saturated carbocycles. The first-order valence-corrected chi connectivity index (χ1v) is 10.2. The minimum absolute atomic E-state index is 0. The number of hydrogen-bond acceptors (Lipinski definition) is 8. The molecule has 0 spiro atoms. The van der Waals surface area contributed by atoms with Crippen LogP contribution in [0, 0.1) is 12.3 Å². The zero-order valence-electron chi connectivity index (χ0n) is 18.4. The van der Waals surface area contributed by atoms with Crippen LogP contribution in [-0.4, -0.2) is 53.6 Å². The molecule has 3 rings (SSSR count). The van der Waals surface area contributed by atoms with Crippen LogP contribution in [-0.2, 0) is 0 Å². The van der Waals surface area contributed by atoms with E-state index in [1.807, 2.05) is 24.9 Å². The van der Waals surface area contributed by atoms with E-state index in [-0.39, 0.29) is 18.9 Å². The van der Waals surface area contributed by atoms with E-state index in [1.54, 1.807) is 12.1 Å². The highest BCUT2D eigenvalue weighted by molar-refractivity contribution is 5.94. The van der Waals surface area contributed by atoms with Gasteiger partial charge in [0, 0.05) is 37.4 Å². The number of nitrogens with one attached hydrogen (secondary N) is 3. The van der Waals surface area contributed by atoms with Crippen molar-refractivity contribution < 1.29 is 4.79 Å². The van der Waals surface area contributed by atoms with E-state index in [9.17, 15) is 4.79 Å². The maximum Gasteiger partial charge on any atom is 0.248 e. The van der Waals surface area contributed by atoms with E-state index >= 15 is 0 Å². The molecule has 170 valence electrons. The Morgan fingerprint density at radius 3 is 2.58 bits per heavy atom. The molecular formula is C22H36N8O. The van der Waals surface area contributed by atoms with Crippen molar-refractivity contribution in [1.29, 1.82) is 0 Å². The summed E-state index contributed by atoms with van der Waals surface area (Å²) in [5.41, 5.74) is 7.64. The maximum absolute atomic E-state index is 11.6. The predicted molar refractivity (Wildman–Crippen MR) is 127 cm³/mol. The number of aromatic nitrogens is 3. The molecule has 1 aromatic carbocycles. The molecule has 2 aromatic rings. The second-order valence-electron chi connectivity index (χ2n) is 9.05. The van der Waals surface area contributed by atoms with Crippen molar-refractivity contribution in [3.05, 3.63) is 29.3 Å². The standard InChI is InChI=1S/C21H32N8O.CH4/c1-13-6-7-14(17(22)30)10-16(13)25-19-26-18(24-15-8-9-23-11-15)27-20(28-19)29(5)12-21(2,3)4;/h6-7,10,15,23H,8-9,11-12H2,1-5H3,(H2,22,30)(H2,24,25,26,27,28);1H4/t15-;/m1./s1. The minimum Gasteiger partial charge on any atom is -0.366 e. The molecule has 9 nitrogen and oxygen atoms in total. The average Bonchev–Trinajstić information content (AvgIpc) is 3.14. The molecule has 1 aliphatic rings. The van der Waals surface area contributed by atoms with Gasteiger partial charge in [-0.05, 0) is 43.0 Å². The zero-order valence-corrected chi connectivity index (χ0v) is 18.4. The molecule has 5 N–H and O–H groups in total. The Kier molecular flexibility index (Phi) is 7.78. The summed E-state index contributed by atoms with van der Waals surface area (Å²) >= 11 is 0. The highest BCUT2D eigenvalue weighted by atomic mass is 16.1. The van der Waals surface area contributed by atoms with Gasteiger partial charge in [0.05, 0.1) is 0 Å². The van der Waals surface area contributed by atoms with E-state index in [0.717, 1.165) is 37.3 Å². The van der Waals surface area contributed by atoms with Gasteiger partial charge in [-0.2, -0.15) is 15.0 Å². The number of carbonyl (C=O) groups is 1. The Morgan fingerprint density at radius 1 is 1.26 bits per heavy atom. The Hall–Kier alpha value is -2.94. The number of aryl methyl sites for hydroxylation is 1. The van der Waals surface area contributed by atoms with E-state index in [1.165, 1.54) is 0 Å². The third kappa shape index (κ3) is 6.78.